The van der Waals surface area contributed by atoms with Gasteiger partial charge in [0.2, 0.25) is 16.0 Å². The van der Waals surface area contributed by atoms with Crippen molar-refractivity contribution in [3.8, 4) is 5.75 Å². The Morgan fingerprint density at radius 1 is 1.12 bits per heavy atom. The van der Waals surface area contributed by atoms with Crippen LogP contribution in [0.25, 0.3) is 5.57 Å². The lowest BCUT2D eigenvalue weighted by molar-refractivity contribution is 0.257. The summed E-state index contributed by atoms with van der Waals surface area (Å²) in [6.07, 6.45) is 6.85. The van der Waals surface area contributed by atoms with Gasteiger partial charge in [0.1, 0.15) is 0 Å². The Morgan fingerprint density at radius 2 is 1.76 bits per heavy atom. The normalized spacial score (nSPS) is 25.0. The fourth-order valence-corrected chi connectivity index (χ4v) is 5.65. The van der Waals surface area contributed by atoms with Crippen LogP contribution in [0.1, 0.15) is 17.5 Å². The molecule has 0 amide bonds. The number of nitrogens with zero attached hydrogens (tertiary/aromatic N) is 4. The highest BCUT2D eigenvalue weighted by atomic mass is 32.2. The predicted octanol–water partition coefficient (Wildman–Crippen LogP) is 2.87. The third-order valence-electron chi connectivity index (χ3n) is 6.85. The highest BCUT2D eigenvalue weighted by Crippen LogP contribution is 2.52. The average Bonchev–Trinajstić information content (AvgIpc) is 3.21. The van der Waals surface area contributed by atoms with Crippen LogP contribution in [0.3, 0.4) is 0 Å². The number of rotatable bonds is 6. The van der Waals surface area contributed by atoms with Crippen LogP contribution in [-0.4, -0.2) is 61.7 Å². The molecular formula is C23H26F2N4O3S. The predicted molar refractivity (Wildman–Crippen MR) is 120 cm³/mol. The van der Waals surface area contributed by atoms with E-state index < -0.39 is 21.7 Å². The molecule has 3 aliphatic rings. The van der Waals surface area contributed by atoms with Crippen LogP contribution in [0.4, 0.5) is 14.7 Å². The van der Waals surface area contributed by atoms with E-state index >= 15 is 0 Å². The van der Waals surface area contributed by atoms with Gasteiger partial charge in [-0.3, -0.25) is 0 Å². The molecule has 1 aliphatic carbocycles. The van der Waals surface area contributed by atoms with Gasteiger partial charge in [-0.2, -0.15) is 4.31 Å². The summed E-state index contributed by atoms with van der Waals surface area (Å²) in [6, 6.07) is 2.54. The molecule has 0 bridgehead atoms. The number of anilines is 1. The zero-order chi connectivity index (χ0) is 23.3. The van der Waals surface area contributed by atoms with Gasteiger partial charge in [0, 0.05) is 44.5 Å². The topological polar surface area (TPSA) is 75.6 Å². The molecule has 2 aromatic rings. The third-order valence-corrected chi connectivity index (χ3v) is 8.12. The summed E-state index contributed by atoms with van der Waals surface area (Å²) in [5, 5.41) is 0. The standard InChI is InChI=1S/C23H26F2N4O3S/c1-14-9-26-23(27-10-14)28-11-17-18(12-28)19(17)13-32-22-20(24)7-16(8-21(22)25)15-3-5-29(6-4-15)33(2,30)31/h3,7-10,17-19H,4-6,11-13H2,1-2H3/t17-,18+,19?. The largest absolute Gasteiger partial charge is 0.487 e. The lowest BCUT2D eigenvalue weighted by Crippen LogP contribution is -2.33. The van der Waals surface area contributed by atoms with Crippen molar-refractivity contribution in [3.63, 3.8) is 0 Å². The first-order valence-corrected chi connectivity index (χ1v) is 12.9. The zero-order valence-electron chi connectivity index (χ0n) is 18.5. The minimum absolute atomic E-state index is 0.199. The van der Waals surface area contributed by atoms with E-state index in [-0.39, 0.29) is 24.8 Å². The van der Waals surface area contributed by atoms with Crippen molar-refractivity contribution in [2.45, 2.75) is 13.3 Å². The number of ether oxygens (including phenoxy) is 1. The second-order valence-corrected chi connectivity index (χ2v) is 11.1. The number of benzene rings is 1. The molecule has 0 spiro atoms. The average molecular weight is 477 g/mol. The quantitative estimate of drug-likeness (QED) is 0.638. The van der Waals surface area contributed by atoms with Crippen LogP contribution < -0.4 is 9.64 Å². The fraction of sp³-hybridized carbons (Fsp3) is 0.478. The molecule has 0 radical (unpaired) electrons. The summed E-state index contributed by atoms with van der Waals surface area (Å²) in [5.74, 6) is 0.00600. The molecule has 5 rings (SSSR count). The molecule has 10 heteroatoms. The first kappa shape index (κ1) is 22.2. The van der Waals surface area contributed by atoms with Gasteiger partial charge in [-0.05, 0) is 54.0 Å². The highest BCUT2D eigenvalue weighted by molar-refractivity contribution is 7.88. The van der Waals surface area contributed by atoms with Crippen LogP contribution in [0.5, 0.6) is 5.75 Å². The van der Waals surface area contributed by atoms with Gasteiger partial charge >= 0.3 is 0 Å². The molecule has 176 valence electrons. The second-order valence-electron chi connectivity index (χ2n) is 9.14. The number of aromatic nitrogens is 2. The number of hydrogen-bond acceptors (Lipinski definition) is 6. The number of fused-ring (bicyclic) bond motifs is 1. The first-order valence-electron chi connectivity index (χ1n) is 11.0. The number of sulfonamides is 1. The van der Waals surface area contributed by atoms with E-state index in [1.165, 1.54) is 16.4 Å². The molecule has 3 atom stereocenters. The van der Waals surface area contributed by atoms with Crippen LogP contribution in [0, 0.1) is 36.3 Å². The zero-order valence-corrected chi connectivity index (χ0v) is 19.4. The number of piperidine rings is 1. The van der Waals surface area contributed by atoms with Gasteiger partial charge in [-0.1, -0.05) is 6.08 Å². The van der Waals surface area contributed by atoms with Crippen molar-refractivity contribution >= 4 is 21.5 Å². The fourth-order valence-electron chi connectivity index (χ4n) is 4.89. The van der Waals surface area contributed by atoms with Crippen molar-refractivity contribution in [3.05, 3.63) is 53.4 Å². The lowest BCUT2D eigenvalue weighted by atomic mass is 10.00. The molecule has 2 fully saturated rings. The van der Waals surface area contributed by atoms with Crippen molar-refractivity contribution in [2.24, 2.45) is 17.8 Å². The molecule has 1 unspecified atom stereocenters. The van der Waals surface area contributed by atoms with Crippen molar-refractivity contribution in [1.82, 2.24) is 14.3 Å². The van der Waals surface area contributed by atoms with E-state index in [4.69, 9.17) is 4.74 Å². The summed E-state index contributed by atoms with van der Waals surface area (Å²) in [6.45, 7) is 4.36. The van der Waals surface area contributed by atoms with E-state index in [0.717, 1.165) is 36.4 Å². The number of hydrogen-bond donors (Lipinski definition) is 0. The molecule has 2 aliphatic heterocycles. The molecule has 1 saturated carbocycles. The molecule has 33 heavy (non-hydrogen) atoms. The van der Waals surface area contributed by atoms with Crippen molar-refractivity contribution in [1.29, 1.82) is 0 Å². The Morgan fingerprint density at radius 3 is 2.30 bits per heavy atom. The smallest absolute Gasteiger partial charge is 0.225 e. The van der Waals surface area contributed by atoms with Crippen molar-refractivity contribution < 1.29 is 21.9 Å². The lowest BCUT2D eigenvalue weighted by Gasteiger charge is -2.24. The van der Waals surface area contributed by atoms with Gasteiger partial charge in [0.05, 0.1) is 12.9 Å². The number of halogens is 2. The Labute approximate surface area is 192 Å². The number of aryl methyl sites for hydroxylation is 1. The van der Waals surface area contributed by atoms with Crippen LogP contribution in [-0.2, 0) is 10.0 Å². The maximum atomic E-state index is 14.7. The van der Waals surface area contributed by atoms with Gasteiger partial charge in [0.15, 0.2) is 17.4 Å². The maximum absolute atomic E-state index is 14.7. The molecule has 7 nitrogen and oxygen atoms in total. The maximum Gasteiger partial charge on any atom is 0.225 e. The summed E-state index contributed by atoms with van der Waals surface area (Å²) in [7, 11) is -3.28. The molecular weight excluding hydrogens is 450 g/mol. The molecule has 0 N–H and O–H groups in total. The molecule has 3 heterocycles. The molecule has 1 aromatic heterocycles. The Bertz CT molecular complexity index is 1170. The van der Waals surface area contributed by atoms with Gasteiger partial charge < -0.3 is 9.64 Å². The van der Waals surface area contributed by atoms with E-state index in [0.29, 0.717) is 30.4 Å². The van der Waals surface area contributed by atoms with Gasteiger partial charge in [-0.25, -0.2) is 27.2 Å². The van der Waals surface area contributed by atoms with E-state index in [9.17, 15) is 17.2 Å². The summed E-state index contributed by atoms with van der Waals surface area (Å²) < 4.78 is 59.6. The minimum Gasteiger partial charge on any atom is -0.487 e. The third kappa shape index (κ3) is 4.46. The second kappa shape index (κ2) is 8.32. The van der Waals surface area contributed by atoms with E-state index in [1.807, 2.05) is 6.92 Å². The summed E-state index contributed by atoms with van der Waals surface area (Å²) >= 11 is 0. The molecule has 1 aromatic carbocycles. The Balaban J connectivity index is 1.18. The first-order chi connectivity index (χ1) is 15.7. The summed E-state index contributed by atoms with van der Waals surface area (Å²) in [5.41, 5.74) is 2.16. The molecule has 1 saturated heterocycles. The van der Waals surface area contributed by atoms with E-state index in [2.05, 4.69) is 14.9 Å². The van der Waals surface area contributed by atoms with Crippen LogP contribution in [0.2, 0.25) is 0 Å². The van der Waals surface area contributed by atoms with Crippen LogP contribution >= 0.6 is 0 Å². The monoisotopic (exact) mass is 476 g/mol. The van der Waals surface area contributed by atoms with Crippen molar-refractivity contribution in [2.75, 3.05) is 43.9 Å². The van der Waals surface area contributed by atoms with Gasteiger partial charge in [-0.15, -0.1) is 0 Å². The minimum atomic E-state index is -3.28. The van der Waals surface area contributed by atoms with E-state index in [1.54, 1.807) is 18.5 Å². The Hall–Kier alpha value is -2.59. The Kier molecular flexibility index (Phi) is 5.60. The van der Waals surface area contributed by atoms with Gasteiger partial charge in [0.25, 0.3) is 0 Å². The SMILES string of the molecule is Cc1cnc(N2C[C@@H]3C(COc4c(F)cc(C5=CCN(S(C)(=O)=O)CC5)cc4F)[C@@H]3C2)nc1. The summed E-state index contributed by atoms with van der Waals surface area (Å²) in [4.78, 5) is 10.9. The van der Waals surface area contributed by atoms with Crippen LogP contribution in [0.15, 0.2) is 30.6 Å². The highest BCUT2D eigenvalue weighted by Gasteiger charge is 2.56.